The van der Waals surface area contributed by atoms with Crippen LogP contribution in [0.4, 0.5) is 10.5 Å². The number of nitrogens with zero attached hydrogens (tertiary/aromatic N) is 1. The molecule has 4 rings (SSSR count). The van der Waals surface area contributed by atoms with E-state index in [9.17, 15) is 4.79 Å². The van der Waals surface area contributed by atoms with Gasteiger partial charge in [0.2, 0.25) is 0 Å². The van der Waals surface area contributed by atoms with E-state index in [1.54, 1.807) is 17.8 Å². The number of benzene rings is 2. The highest BCUT2D eigenvalue weighted by atomic mass is 32.2. The van der Waals surface area contributed by atoms with E-state index in [-0.39, 0.29) is 10.3 Å². The van der Waals surface area contributed by atoms with Gasteiger partial charge in [0, 0.05) is 18.2 Å². The Labute approximate surface area is 151 Å². The molecule has 2 aromatic carbocycles. The van der Waals surface area contributed by atoms with Gasteiger partial charge in [0.1, 0.15) is 10.6 Å². The van der Waals surface area contributed by atoms with Crippen molar-refractivity contribution in [2.45, 2.75) is 29.0 Å². The second-order valence-corrected chi connectivity index (χ2v) is 8.11. The average Bonchev–Trinajstić information content (AvgIpc) is 2.75. The molecule has 25 heavy (non-hydrogen) atoms. The highest BCUT2D eigenvalue weighted by molar-refractivity contribution is 8.01. The third-order valence-electron chi connectivity index (χ3n) is 5.29. The van der Waals surface area contributed by atoms with Crippen LogP contribution in [-0.2, 0) is 5.41 Å². The van der Waals surface area contributed by atoms with Crippen LogP contribution in [0.1, 0.15) is 25.0 Å². The van der Waals surface area contributed by atoms with Gasteiger partial charge in [-0.2, -0.15) is 0 Å². The zero-order valence-corrected chi connectivity index (χ0v) is 15.1. The number of fused-ring (bicyclic) bond motifs is 2. The first kappa shape index (κ1) is 16.1. The monoisotopic (exact) mass is 353 g/mol. The third kappa shape index (κ3) is 2.12. The number of thioether (sulfide) groups is 1. The minimum Gasteiger partial charge on any atom is -0.449 e. The number of carbonyl (C=O) groups is 1. The number of rotatable bonds is 1. The first-order chi connectivity index (χ1) is 11.9. The van der Waals surface area contributed by atoms with Gasteiger partial charge in [-0.3, -0.25) is 0 Å². The highest BCUT2D eigenvalue weighted by Gasteiger charge is 2.56. The number of hydrogen-bond acceptors (Lipinski definition) is 4. The minimum absolute atomic E-state index is 0.159. The standard InChI is InChI=1S/C20H19NO3S/c1-19(2)14-8-4-5-9-15(14)21(3)20(19)12-11-13-7-6-10-16(17(13)25-20)24-18(22)23/h4-12H,1-3H3,(H,22,23). The summed E-state index contributed by atoms with van der Waals surface area (Å²) < 4.78 is 5.04. The molecule has 4 nitrogen and oxygen atoms in total. The highest BCUT2D eigenvalue weighted by Crippen LogP contribution is 2.61. The number of ether oxygens (including phenoxy) is 1. The van der Waals surface area contributed by atoms with Crippen molar-refractivity contribution in [1.82, 2.24) is 0 Å². The van der Waals surface area contributed by atoms with Crippen molar-refractivity contribution in [2.75, 3.05) is 11.9 Å². The quantitative estimate of drug-likeness (QED) is 0.578. The Kier molecular flexibility index (Phi) is 3.41. The molecule has 0 amide bonds. The van der Waals surface area contributed by atoms with E-state index < -0.39 is 6.16 Å². The summed E-state index contributed by atoms with van der Waals surface area (Å²) in [5, 5.41) is 9.06. The lowest BCUT2D eigenvalue weighted by Crippen LogP contribution is -2.50. The van der Waals surface area contributed by atoms with E-state index in [0.29, 0.717) is 5.75 Å². The first-order valence-electron chi connectivity index (χ1n) is 8.12. The van der Waals surface area contributed by atoms with Crippen molar-refractivity contribution in [1.29, 1.82) is 0 Å². The van der Waals surface area contributed by atoms with Crippen molar-refractivity contribution >= 4 is 29.7 Å². The van der Waals surface area contributed by atoms with E-state index in [4.69, 9.17) is 9.84 Å². The van der Waals surface area contributed by atoms with Crippen molar-refractivity contribution in [3.8, 4) is 5.75 Å². The summed E-state index contributed by atoms with van der Waals surface area (Å²) in [4.78, 5) is 13.9. The van der Waals surface area contributed by atoms with Crippen LogP contribution < -0.4 is 9.64 Å². The Morgan fingerprint density at radius 3 is 2.64 bits per heavy atom. The van der Waals surface area contributed by atoms with E-state index in [0.717, 1.165) is 10.5 Å². The SMILES string of the molecule is CN1c2ccccc2C(C)(C)C12C=Cc1cccc(OC(=O)O)c1S2. The summed E-state index contributed by atoms with van der Waals surface area (Å²) in [6.45, 7) is 4.47. The van der Waals surface area contributed by atoms with Crippen LogP contribution in [-0.4, -0.2) is 23.2 Å². The molecule has 2 aromatic rings. The Morgan fingerprint density at radius 1 is 1.16 bits per heavy atom. The fourth-order valence-electron chi connectivity index (χ4n) is 3.94. The number of carboxylic acid groups (broad SMARTS) is 1. The van der Waals surface area contributed by atoms with Gasteiger partial charge in [0.25, 0.3) is 0 Å². The van der Waals surface area contributed by atoms with Crippen LogP contribution in [0.5, 0.6) is 5.75 Å². The van der Waals surface area contributed by atoms with Crippen LogP contribution in [0.2, 0.25) is 0 Å². The lowest BCUT2D eigenvalue weighted by atomic mass is 9.79. The van der Waals surface area contributed by atoms with Gasteiger partial charge in [-0.05, 0) is 29.3 Å². The first-order valence-corrected chi connectivity index (χ1v) is 8.94. The van der Waals surface area contributed by atoms with Crippen molar-refractivity contribution in [3.05, 3.63) is 59.7 Å². The van der Waals surface area contributed by atoms with Gasteiger partial charge >= 0.3 is 6.16 Å². The molecule has 0 bridgehead atoms. The van der Waals surface area contributed by atoms with Crippen molar-refractivity contribution < 1.29 is 14.6 Å². The molecule has 2 heterocycles. The molecule has 0 fully saturated rings. The topological polar surface area (TPSA) is 49.8 Å². The molecule has 1 N–H and O–H groups in total. The maximum absolute atomic E-state index is 11.1. The molecule has 0 radical (unpaired) electrons. The van der Waals surface area contributed by atoms with Crippen LogP contribution in [0, 0.1) is 0 Å². The molecule has 0 aliphatic carbocycles. The Balaban J connectivity index is 1.87. The van der Waals surface area contributed by atoms with E-state index in [1.165, 1.54) is 11.3 Å². The smallest absolute Gasteiger partial charge is 0.449 e. The average molecular weight is 353 g/mol. The fourth-order valence-corrected chi connectivity index (χ4v) is 5.45. The summed E-state index contributed by atoms with van der Waals surface area (Å²) in [5.41, 5.74) is 3.31. The van der Waals surface area contributed by atoms with Gasteiger partial charge in [-0.25, -0.2) is 4.79 Å². The zero-order chi connectivity index (χ0) is 17.8. The fraction of sp³-hybridized carbons (Fsp3) is 0.250. The maximum Gasteiger partial charge on any atom is 0.511 e. The van der Waals surface area contributed by atoms with E-state index >= 15 is 0 Å². The summed E-state index contributed by atoms with van der Waals surface area (Å²) in [6, 6.07) is 13.9. The summed E-state index contributed by atoms with van der Waals surface area (Å²) in [6.07, 6.45) is 3.01. The van der Waals surface area contributed by atoms with Gasteiger partial charge in [-0.15, -0.1) is 0 Å². The third-order valence-corrected chi connectivity index (χ3v) is 7.16. The lowest BCUT2D eigenvalue weighted by Gasteiger charge is -2.45. The second-order valence-electron chi connectivity index (χ2n) is 6.88. The molecule has 1 spiro atoms. The molecular weight excluding hydrogens is 334 g/mol. The Hall–Kier alpha value is -2.40. The van der Waals surface area contributed by atoms with Crippen LogP contribution in [0.25, 0.3) is 6.08 Å². The molecule has 0 saturated heterocycles. The predicted octanol–water partition coefficient (Wildman–Crippen LogP) is 4.99. The zero-order valence-electron chi connectivity index (χ0n) is 14.3. The second kappa shape index (κ2) is 5.30. The summed E-state index contributed by atoms with van der Waals surface area (Å²) in [7, 11) is 2.09. The molecule has 2 aliphatic rings. The number of para-hydroxylation sites is 1. The van der Waals surface area contributed by atoms with Crippen molar-refractivity contribution in [3.63, 3.8) is 0 Å². The van der Waals surface area contributed by atoms with Crippen LogP contribution >= 0.6 is 11.8 Å². The molecular formula is C20H19NO3S. The number of likely N-dealkylation sites (N-methyl/N-ethyl adjacent to an activating group) is 1. The molecule has 128 valence electrons. The molecule has 0 aromatic heterocycles. The molecule has 5 heteroatoms. The molecule has 1 unspecified atom stereocenters. The molecule has 0 saturated carbocycles. The van der Waals surface area contributed by atoms with Crippen LogP contribution in [0.3, 0.4) is 0 Å². The largest absolute Gasteiger partial charge is 0.511 e. The van der Waals surface area contributed by atoms with Gasteiger partial charge in [0.15, 0.2) is 0 Å². The van der Waals surface area contributed by atoms with Gasteiger partial charge < -0.3 is 14.7 Å². The van der Waals surface area contributed by atoms with Crippen molar-refractivity contribution in [2.24, 2.45) is 0 Å². The normalized spacial score (nSPS) is 22.6. The number of hydrogen-bond donors (Lipinski definition) is 1. The van der Waals surface area contributed by atoms with Gasteiger partial charge in [-0.1, -0.05) is 62.0 Å². The minimum atomic E-state index is -1.29. The van der Waals surface area contributed by atoms with E-state index in [2.05, 4.69) is 62.2 Å². The van der Waals surface area contributed by atoms with Gasteiger partial charge in [0.05, 0.1) is 4.90 Å². The molecule has 1 atom stereocenters. The number of anilines is 1. The Bertz CT molecular complexity index is 906. The van der Waals surface area contributed by atoms with Crippen LogP contribution in [0.15, 0.2) is 53.4 Å². The van der Waals surface area contributed by atoms with E-state index in [1.807, 2.05) is 12.1 Å². The summed E-state index contributed by atoms with van der Waals surface area (Å²) in [5.74, 6) is 0.388. The lowest BCUT2D eigenvalue weighted by molar-refractivity contribution is 0.143. The predicted molar refractivity (Wildman–Crippen MR) is 101 cm³/mol. The summed E-state index contributed by atoms with van der Waals surface area (Å²) >= 11 is 1.66. The molecule has 2 aliphatic heterocycles. The maximum atomic E-state index is 11.1. The Morgan fingerprint density at radius 2 is 1.92 bits per heavy atom.